The Hall–Kier alpha value is 0.250. The van der Waals surface area contributed by atoms with Crippen LogP contribution >= 0.6 is 11.6 Å². The molecule has 0 amide bonds. The SMILES string of the molecule is CCC(C)(CCl)NCCC(C)(C)C. The van der Waals surface area contributed by atoms with Crippen molar-refractivity contribution in [3.63, 3.8) is 0 Å². The number of halogens is 1. The molecular formula is C11H24ClN. The summed E-state index contributed by atoms with van der Waals surface area (Å²) in [5, 5.41) is 3.52. The average Bonchev–Trinajstić information content (AvgIpc) is 2.02. The maximum absolute atomic E-state index is 5.90. The van der Waals surface area contributed by atoms with Gasteiger partial charge in [0, 0.05) is 11.4 Å². The molecule has 0 radical (unpaired) electrons. The van der Waals surface area contributed by atoms with Crippen molar-refractivity contribution in [1.82, 2.24) is 5.32 Å². The Morgan fingerprint density at radius 1 is 1.15 bits per heavy atom. The first-order valence-corrected chi connectivity index (χ1v) is 5.67. The van der Waals surface area contributed by atoms with Crippen molar-refractivity contribution in [1.29, 1.82) is 0 Å². The van der Waals surface area contributed by atoms with Crippen LogP contribution in [0.25, 0.3) is 0 Å². The normalized spacial score (nSPS) is 17.1. The minimum Gasteiger partial charge on any atom is -0.310 e. The highest BCUT2D eigenvalue weighted by atomic mass is 35.5. The lowest BCUT2D eigenvalue weighted by Gasteiger charge is -2.29. The summed E-state index contributed by atoms with van der Waals surface area (Å²) in [6, 6.07) is 0. The van der Waals surface area contributed by atoms with E-state index < -0.39 is 0 Å². The van der Waals surface area contributed by atoms with Crippen molar-refractivity contribution in [2.45, 2.75) is 53.0 Å². The minimum atomic E-state index is 0.118. The molecule has 1 atom stereocenters. The number of hydrogen-bond donors (Lipinski definition) is 1. The van der Waals surface area contributed by atoms with Crippen LogP contribution in [0.4, 0.5) is 0 Å². The molecule has 0 aromatic rings. The molecule has 0 aromatic heterocycles. The Morgan fingerprint density at radius 2 is 1.69 bits per heavy atom. The van der Waals surface area contributed by atoms with Crippen LogP contribution < -0.4 is 5.32 Å². The van der Waals surface area contributed by atoms with E-state index in [-0.39, 0.29) is 5.54 Å². The van der Waals surface area contributed by atoms with Crippen LogP contribution in [0, 0.1) is 5.41 Å². The number of alkyl halides is 1. The van der Waals surface area contributed by atoms with Crippen molar-refractivity contribution < 1.29 is 0 Å². The summed E-state index contributed by atoms with van der Waals surface area (Å²) in [5.41, 5.74) is 0.529. The summed E-state index contributed by atoms with van der Waals surface area (Å²) in [6.45, 7) is 12.2. The van der Waals surface area contributed by atoms with E-state index in [0.29, 0.717) is 11.3 Å². The van der Waals surface area contributed by atoms with E-state index >= 15 is 0 Å². The van der Waals surface area contributed by atoms with E-state index in [1.54, 1.807) is 0 Å². The van der Waals surface area contributed by atoms with E-state index in [2.05, 4.69) is 39.9 Å². The van der Waals surface area contributed by atoms with E-state index in [1.807, 2.05) is 0 Å². The van der Waals surface area contributed by atoms with Crippen LogP contribution in [0.1, 0.15) is 47.5 Å². The van der Waals surface area contributed by atoms with Crippen LogP contribution in [0.3, 0.4) is 0 Å². The summed E-state index contributed by atoms with van der Waals surface area (Å²) >= 11 is 5.90. The second-order valence-electron chi connectivity index (χ2n) is 5.29. The predicted molar refractivity (Wildman–Crippen MR) is 61.5 cm³/mol. The van der Waals surface area contributed by atoms with E-state index in [1.165, 1.54) is 6.42 Å². The highest BCUT2D eigenvalue weighted by Crippen LogP contribution is 2.18. The standard InChI is InChI=1S/C11H24ClN/c1-6-11(5,9-12)13-8-7-10(2,3)4/h13H,6-9H2,1-5H3. The topological polar surface area (TPSA) is 12.0 Å². The van der Waals surface area contributed by atoms with Gasteiger partial charge in [0.25, 0.3) is 0 Å². The molecule has 0 spiro atoms. The summed E-state index contributed by atoms with van der Waals surface area (Å²) in [5.74, 6) is 0.688. The smallest absolute Gasteiger partial charge is 0.0403 e. The second-order valence-corrected chi connectivity index (χ2v) is 5.55. The summed E-state index contributed by atoms with van der Waals surface area (Å²) in [7, 11) is 0. The van der Waals surface area contributed by atoms with Crippen LogP contribution in [0.2, 0.25) is 0 Å². The Morgan fingerprint density at radius 3 is 2.00 bits per heavy atom. The van der Waals surface area contributed by atoms with Crippen molar-refractivity contribution >= 4 is 11.6 Å². The van der Waals surface area contributed by atoms with Gasteiger partial charge in [0.15, 0.2) is 0 Å². The minimum absolute atomic E-state index is 0.118. The van der Waals surface area contributed by atoms with E-state index in [4.69, 9.17) is 11.6 Å². The fraction of sp³-hybridized carbons (Fsp3) is 1.00. The van der Waals surface area contributed by atoms with Crippen LogP contribution in [-0.2, 0) is 0 Å². The molecule has 2 heteroatoms. The molecule has 0 saturated carbocycles. The van der Waals surface area contributed by atoms with Crippen molar-refractivity contribution in [3.8, 4) is 0 Å². The van der Waals surface area contributed by atoms with E-state index in [0.717, 1.165) is 13.0 Å². The third-order valence-corrected chi connectivity index (χ3v) is 3.09. The first kappa shape index (κ1) is 13.2. The quantitative estimate of drug-likeness (QED) is 0.679. The molecule has 1 N–H and O–H groups in total. The maximum atomic E-state index is 5.90. The highest BCUT2D eigenvalue weighted by Gasteiger charge is 2.20. The zero-order valence-electron chi connectivity index (χ0n) is 9.71. The van der Waals surface area contributed by atoms with Gasteiger partial charge in [-0.25, -0.2) is 0 Å². The van der Waals surface area contributed by atoms with Gasteiger partial charge in [0.1, 0.15) is 0 Å². The fourth-order valence-electron chi connectivity index (χ4n) is 1.01. The maximum Gasteiger partial charge on any atom is 0.0403 e. The third-order valence-electron chi connectivity index (χ3n) is 2.50. The Balaban J connectivity index is 3.74. The summed E-state index contributed by atoms with van der Waals surface area (Å²) in [6.07, 6.45) is 2.28. The summed E-state index contributed by atoms with van der Waals surface area (Å²) < 4.78 is 0. The van der Waals surface area contributed by atoms with Gasteiger partial charge in [-0.1, -0.05) is 27.7 Å². The molecule has 0 saturated heterocycles. The van der Waals surface area contributed by atoms with Crippen molar-refractivity contribution in [3.05, 3.63) is 0 Å². The van der Waals surface area contributed by atoms with Gasteiger partial charge in [0.2, 0.25) is 0 Å². The lowest BCUT2D eigenvalue weighted by Crippen LogP contribution is -2.44. The fourth-order valence-corrected chi connectivity index (χ4v) is 1.29. The predicted octanol–water partition coefficient (Wildman–Crippen LogP) is 3.42. The second kappa shape index (κ2) is 5.21. The number of hydrogen-bond acceptors (Lipinski definition) is 1. The first-order valence-electron chi connectivity index (χ1n) is 5.14. The van der Waals surface area contributed by atoms with Gasteiger partial charge in [-0.05, 0) is 31.7 Å². The summed E-state index contributed by atoms with van der Waals surface area (Å²) in [4.78, 5) is 0. The molecule has 0 aliphatic heterocycles. The molecule has 0 aromatic carbocycles. The number of nitrogens with one attached hydrogen (secondary N) is 1. The number of rotatable bonds is 5. The zero-order chi connectivity index (χ0) is 10.5. The Kier molecular flexibility index (Phi) is 5.31. The van der Waals surface area contributed by atoms with Crippen molar-refractivity contribution in [2.75, 3.05) is 12.4 Å². The molecule has 1 nitrogen and oxygen atoms in total. The first-order chi connectivity index (χ1) is 5.83. The molecule has 0 fully saturated rings. The van der Waals surface area contributed by atoms with Crippen molar-refractivity contribution in [2.24, 2.45) is 5.41 Å². The third kappa shape index (κ3) is 6.34. The zero-order valence-corrected chi connectivity index (χ0v) is 10.5. The van der Waals surface area contributed by atoms with Crippen LogP contribution in [-0.4, -0.2) is 18.0 Å². The molecule has 80 valence electrons. The van der Waals surface area contributed by atoms with Gasteiger partial charge < -0.3 is 5.32 Å². The molecule has 0 bridgehead atoms. The van der Waals surface area contributed by atoms with Gasteiger partial charge in [-0.3, -0.25) is 0 Å². The Labute approximate surface area is 88.2 Å². The highest BCUT2D eigenvalue weighted by molar-refractivity contribution is 6.18. The monoisotopic (exact) mass is 205 g/mol. The molecule has 13 heavy (non-hydrogen) atoms. The average molecular weight is 206 g/mol. The Bertz CT molecular complexity index is 134. The molecule has 0 aliphatic carbocycles. The van der Waals surface area contributed by atoms with Crippen LogP contribution in [0.15, 0.2) is 0 Å². The molecule has 0 rings (SSSR count). The molecule has 1 unspecified atom stereocenters. The van der Waals surface area contributed by atoms with Gasteiger partial charge in [0.05, 0.1) is 0 Å². The van der Waals surface area contributed by atoms with E-state index in [9.17, 15) is 0 Å². The molecular weight excluding hydrogens is 182 g/mol. The largest absolute Gasteiger partial charge is 0.310 e. The van der Waals surface area contributed by atoms with Crippen LogP contribution in [0.5, 0.6) is 0 Å². The van der Waals surface area contributed by atoms with Gasteiger partial charge in [-0.15, -0.1) is 11.6 Å². The van der Waals surface area contributed by atoms with Gasteiger partial charge >= 0.3 is 0 Å². The molecule has 0 heterocycles. The molecule has 0 aliphatic rings. The lowest BCUT2D eigenvalue weighted by molar-refractivity contribution is 0.316. The lowest BCUT2D eigenvalue weighted by atomic mass is 9.91. The van der Waals surface area contributed by atoms with Gasteiger partial charge in [-0.2, -0.15) is 0 Å².